The van der Waals surface area contributed by atoms with Gasteiger partial charge in [-0.1, -0.05) is 181 Å². The van der Waals surface area contributed by atoms with Crippen LogP contribution in [0.2, 0.25) is 0 Å². The molecule has 6 nitrogen and oxygen atoms in total. The molecule has 0 N–H and O–H groups in total. The van der Waals surface area contributed by atoms with Gasteiger partial charge in [-0.15, -0.1) is 10.2 Å². The summed E-state index contributed by atoms with van der Waals surface area (Å²) in [7, 11) is 0. The minimum Gasteiger partial charge on any atom is -0.208 e. The normalized spacial score (nSPS) is 10.9. The molecule has 2 aromatic heterocycles. The largest absolute Gasteiger partial charge is 0.208 e. The van der Waals surface area contributed by atoms with E-state index >= 15 is 0 Å². The van der Waals surface area contributed by atoms with Crippen LogP contribution in [0.25, 0.3) is 88.7 Å². The molecule has 9 rings (SSSR count). The van der Waals surface area contributed by atoms with Crippen molar-refractivity contribution in [1.29, 1.82) is 5.26 Å². The van der Waals surface area contributed by atoms with E-state index in [1.165, 1.54) is 0 Å². The lowest BCUT2D eigenvalue weighted by molar-refractivity contribution is 1.07. The summed E-state index contributed by atoms with van der Waals surface area (Å²) >= 11 is 1.57. The van der Waals surface area contributed by atoms with E-state index in [1.54, 1.807) is 11.3 Å². The van der Waals surface area contributed by atoms with E-state index in [1.807, 2.05) is 109 Å². The maximum atomic E-state index is 9.99. The van der Waals surface area contributed by atoms with Gasteiger partial charge in [-0.3, -0.25) is 0 Å². The SMILES string of the molecule is N#Cc1ccccc1-c1ccccc1-c1ccccc1-c1nc(-c2ccccc2)nc(-c2ccccc2-c2cccc(-c3nnc(-c4ccccc4)s3)c2)n1. The Morgan fingerprint density at radius 3 is 1.40 bits per heavy atom. The number of benzene rings is 7. The quantitative estimate of drug-likeness (QED) is 0.155. The Morgan fingerprint density at radius 2 is 0.764 bits per heavy atom. The van der Waals surface area contributed by atoms with Gasteiger partial charge in [0.1, 0.15) is 10.0 Å². The van der Waals surface area contributed by atoms with Crippen LogP contribution >= 0.6 is 11.3 Å². The minimum atomic E-state index is 0.550. The van der Waals surface area contributed by atoms with Gasteiger partial charge in [-0.25, -0.2) is 15.0 Å². The monoisotopic (exact) mass is 722 g/mol. The Hall–Kier alpha value is -7.40. The van der Waals surface area contributed by atoms with Crippen LogP contribution in [0.1, 0.15) is 5.56 Å². The lowest BCUT2D eigenvalue weighted by Gasteiger charge is -2.16. The summed E-state index contributed by atoms with van der Waals surface area (Å²) < 4.78 is 0. The molecule has 0 unspecified atom stereocenters. The van der Waals surface area contributed by atoms with Gasteiger partial charge in [0.05, 0.1) is 11.6 Å². The Kier molecular flexibility index (Phi) is 9.07. The molecule has 55 heavy (non-hydrogen) atoms. The first-order chi connectivity index (χ1) is 27.2. The Bertz CT molecular complexity index is 2840. The molecule has 0 atom stereocenters. The van der Waals surface area contributed by atoms with Gasteiger partial charge in [0.2, 0.25) is 0 Å². The molecule has 0 radical (unpaired) electrons. The minimum absolute atomic E-state index is 0.550. The zero-order chi connectivity index (χ0) is 37.0. The van der Waals surface area contributed by atoms with E-state index in [-0.39, 0.29) is 0 Å². The van der Waals surface area contributed by atoms with Crippen LogP contribution in [0.3, 0.4) is 0 Å². The number of aromatic nitrogens is 5. The molecule has 2 heterocycles. The molecule has 0 aliphatic rings. The molecule has 0 saturated heterocycles. The molecule has 0 amide bonds. The molecule has 258 valence electrons. The van der Waals surface area contributed by atoms with Crippen molar-refractivity contribution in [2.45, 2.75) is 0 Å². The third-order valence-corrected chi connectivity index (χ3v) is 10.4. The lowest BCUT2D eigenvalue weighted by Crippen LogP contribution is -2.02. The van der Waals surface area contributed by atoms with Crippen LogP contribution in [0.4, 0.5) is 0 Å². The van der Waals surface area contributed by atoms with Crippen molar-refractivity contribution in [3.63, 3.8) is 0 Å². The van der Waals surface area contributed by atoms with Crippen LogP contribution in [-0.2, 0) is 0 Å². The Morgan fingerprint density at radius 1 is 0.345 bits per heavy atom. The van der Waals surface area contributed by atoms with Crippen molar-refractivity contribution in [3.05, 3.63) is 188 Å². The van der Waals surface area contributed by atoms with Gasteiger partial charge in [0, 0.05) is 33.4 Å². The van der Waals surface area contributed by atoms with Crippen LogP contribution in [-0.4, -0.2) is 25.1 Å². The highest BCUT2D eigenvalue weighted by molar-refractivity contribution is 7.17. The van der Waals surface area contributed by atoms with Crippen molar-refractivity contribution in [2.75, 3.05) is 0 Å². The summed E-state index contributed by atoms with van der Waals surface area (Å²) in [5.41, 5.74) is 11.0. The van der Waals surface area contributed by atoms with Crippen molar-refractivity contribution in [1.82, 2.24) is 25.1 Å². The highest BCUT2D eigenvalue weighted by Gasteiger charge is 2.20. The fraction of sp³-hybridized carbons (Fsp3) is 0. The van der Waals surface area contributed by atoms with Crippen LogP contribution in [0.5, 0.6) is 0 Å². The number of rotatable bonds is 8. The van der Waals surface area contributed by atoms with Crippen LogP contribution in [0, 0.1) is 11.3 Å². The van der Waals surface area contributed by atoms with Gasteiger partial charge >= 0.3 is 0 Å². The second kappa shape index (κ2) is 14.9. The number of nitriles is 1. The summed E-state index contributed by atoms with van der Waals surface area (Å²) in [5.74, 6) is 1.68. The fourth-order valence-electron chi connectivity index (χ4n) is 6.80. The van der Waals surface area contributed by atoms with Gasteiger partial charge in [0.15, 0.2) is 17.5 Å². The Balaban J connectivity index is 1.19. The molecule has 0 aliphatic heterocycles. The lowest BCUT2D eigenvalue weighted by atomic mass is 9.90. The molecule has 0 aliphatic carbocycles. The predicted molar refractivity (Wildman–Crippen MR) is 221 cm³/mol. The summed E-state index contributed by atoms with van der Waals surface area (Å²) in [4.78, 5) is 15.5. The van der Waals surface area contributed by atoms with Crippen molar-refractivity contribution < 1.29 is 0 Å². The third-order valence-electron chi connectivity index (χ3n) is 9.42. The first kappa shape index (κ1) is 33.4. The summed E-state index contributed by atoms with van der Waals surface area (Å²) in [6, 6.07) is 63.1. The first-order valence-corrected chi connectivity index (χ1v) is 18.6. The molecule has 7 aromatic carbocycles. The topological polar surface area (TPSA) is 88.2 Å². The maximum Gasteiger partial charge on any atom is 0.164 e. The van der Waals surface area contributed by atoms with E-state index in [4.69, 9.17) is 15.0 Å². The number of hydrogen-bond donors (Lipinski definition) is 0. The molecular formula is C48H30N6S. The van der Waals surface area contributed by atoms with Crippen molar-refractivity contribution >= 4 is 11.3 Å². The van der Waals surface area contributed by atoms with E-state index in [9.17, 15) is 5.26 Å². The van der Waals surface area contributed by atoms with Crippen molar-refractivity contribution in [3.8, 4) is 94.8 Å². The van der Waals surface area contributed by atoms with E-state index in [0.717, 1.165) is 71.2 Å². The standard InChI is InChI=1S/C48H30N6S/c49-31-36-20-7-8-24-38(36)39-25-10-11-26-40(39)41-27-12-14-29-43(41)46-51-44(32-16-3-1-4-17-32)50-45(52-46)42-28-13-9-23-37(42)34-21-15-22-35(30-34)48-54-53-47(55-48)33-18-5-2-6-19-33/h1-30H. The summed E-state index contributed by atoms with van der Waals surface area (Å²) in [6.07, 6.45) is 0. The fourth-order valence-corrected chi connectivity index (χ4v) is 7.65. The summed E-state index contributed by atoms with van der Waals surface area (Å²) in [6.45, 7) is 0. The average molecular weight is 723 g/mol. The molecule has 0 bridgehead atoms. The molecule has 0 saturated carbocycles. The summed E-state index contributed by atoms with van der Waals surface area (Å²) in [5, 5.41) is 20.8. The molecule has 0 fully saturated rings. The van der Waals surface area contributed by atoms with Gasteiger partial charge in [-0.05, 0) is 39.9 Å². The second-order valence-electron chi connectivity index (χ2n) is 12.8. The smallest absolute Gasteiger partial charge is 0.164 e. The van der Waals surface area contributed by atoms with E-state index in [0.29, 0.717) is 23.0 Å². The van der Waals surface area contributed by atoms with E-state index in [2.05, 4.69) is 89.1 Å². The van der Waals surface area contributed by atoms with Crippen LogP contribution < -0.4 is 0 Å². The molecule has 7 heteroatoms. The third kappa shape index (κ3) is 6.70. The van der Waals surface area contributed by atoms with Gasteiger partial charge < -0.3 is 0 Å². The molecule has 0 spiro atoms. The zero-order valence-electron chi connectivity index (χ0n) is 29.4. The van der Waals surface area contributed by atoms with Crippen LogP contribution in [0.15, 0.2) is 182 Å². The maximum absolute atomic E-state index is 9.99. The molecular weight excluding hydrogens is 693 g/mol. The van der Waals surface area contributed by atoms with E-state index < -0.39 is 0 Å². The van der Waals surface area contributed by atoms with Crippen molar-refractivity contribution in [2.24, 2.45) is 0 Å². The van der Waals surface area contributed by atoms with Gasteiger partial charge in [-0.2, -0.15) is 5.26 Å². The van der Waals surface area contributed by atoms with Gasteiger partial charge in [0.25, 0.3) is 0 Å². The molecule has 9 aromatic rings. The average Bonchev–Trinajstić information content (AvgIpc) is 3.78. The zero-order valence-corrected chi connectivity index (χ0v) is 30.2. The highest BCUT2D eigenvalue weighted by atomic mass is 32.1. The first-order valence-electron chi connectivity index (χ1n) is 17.8. The number of nitrogens with zero attached hydrogens (tertiary/aromatic N) is 6. The Labute approximate surface area is 322 Å². The number of hydrogen-bond acceptors (Lipinski definition) is 7. The second-order valence-corrected chi connectivity index (χ2v) is 13.8. The highest BCUT2D eigenvalue weighted by Crippen LogP contribution is 2.40. The predicted octanol–water partition coefficient (Wildman–Crippen LogP) is 11.9.